The smallest absolute Gasteiger partial charge is 0.255 e. The zero-order valence-electron chi connectivity index (χ0n) is 11.5. The number of carbonyl (C=O) groups excluding carboxylic acids is 1. The van der Waals surface area contributed by atoms with Gasteiger partial charge in [0.15, 0.2) is 11.5 Å². The minimum atomic E-state index is -0.230. The van der Waals surface area contributed by atoms with Crippen LogP contribution in [0.4, 0.5) is 0 Å². The van der Waals surface area contributed by atoms with Gasteiger partial charge in [0, 0.05) is 6.54 Å². The zero-order valence-corrected chi connectivity index (χ0v) is 11.5. The Hall–Kier alpha value is -1.95. The number of hydrogen-bond donors (Lipinski definition) is 2. The minimum absolute atomic E-state index is 0.230. The molecule has 0 aromatic heterocycles. The molecule has 0 spiro atoms. The van der Waals surface area contributed by atoms with Crippen LogP contribution in [0.3, 0.4) is 0 Å². The molecule has 0 aliphatic carbocycles. The van der Waals surface area contributed by atoms with Gasteiger partial charge in [-0.15, -0.1) is 0 Å². The molecule has 0 heterocycles. The number of carbonyl (C=O) groups is 1. The number of methoxy groups -OCH3 is 3. The van der Waals surface area contributed by atoms with Gasteiger partial charge in [-0.1, -0.05) is 0 Å². The molecule has 1 aromatic rings. The molecular weight excluding hydrogens is 248 g/mol. The Bertz CT molecular complexity index is 435. The highest BCUT2D eigenvalue weighted by atomic mass is 16.5. The standard InChI is InChI=1S/C13H20N2O4/c1-17-10-6-5-9(11(18-2)12(10)19-3)13(16)15-8-4-7-14/h5-6H,4,7-8,14H2,1-3H3,(H,15,16). The Kier molecular flexibility index (Phi) is 5.95. The first-order chi connectivity index (χ1) is 9.19. The summed E-state index contributed by atoms with van der Waals surface area (Å²) in [5.74, 6) is 1.03. The molecule has 0 aliphatic rings. The monoisotopic (exact) mass is 268 g/mol. The lowest BCUT2D eigenvalue weighted by Gasteiger charge is -2.15. The molecule has 6 nitrogen and oxygen atoms in total. The van der Waals surface area contributed by atoms with Gasteiger partial charge in [0.25, 0.3) is 5.91 Å². The molecule has 0 aliphatic heterocycles. The minimum Gasteiger partial charge on any atom is -0.493 e. The number of ether oxygens (including phenoxy) is 3. The first kappa shape index (κ1) is 15.1. The lowest BCUT2D eigenvalue weighted by atomic mass is 10.1. The highest BCUT2D eigenvalue weighted by Gasteiger charge is 2.20. The highest BCUT2D eigenvalue weighted by molar-refractivity contribution is 5.98. The predicted octanol–water partition coefficient (Wildman–Crippen LogP) is 0.791. The molecule has 0 unspecified atom stereocenters. The van der Waals surface area contributed by atoms with Crippen molar-refractivity contribution in [2.75, 3.05) is 34.4 Å². The summed E-state index contributed by atoms with van der Waals surface area (Å²) in [5.41, 5.74) is 5.78. The van der Waals surface area contributed by atoms with Crippen LogP contribution >= 0.6 is 0 Å². The first-order valence-electron chi connectivity index (χ1n) is 5.96. The Balaban J connectivity index is 3.03. The fraction of sp³-hybridized carbons (Fsp3) is 0.462. The highest BCUT2D eigenvalue weighted by Crippen LogP contribution is 2.39. The summed E-state index contributed by atoms with van der Waals surface area (Å²) in [4.78, 5) is 12.0. The predicted molar refractivity (Wildman–Crippen MR) is 72.1 cm³/mol. The molecule has 0 fully saturated rings. The molecular formula is C13H20N2O4. The van der Waals surface area contributed by atoms with Crippen LogP contribution in [-0.2, 0) is 0 Å². The molecule has 0 atom stereocenters. The van der Waals surface area contributed by atoms with Crippen LogP contribution in [0.1, 0.15) is 16.8 Å². The Morgan fingerprint density at radius 1 is 1.16 bits per heavy atom. The van der Waals surface area contributed by atoms with Crippen LogP contribution in [0.2, 0.25) is 0 Å². The van der Waals surface area contributed by atoms with E-state index < -0.39 is 0 Å². The van der Waals surface area contributed by atoms with Gasteiger partial charge in [0.2, 0.25) is 5.75 Å². The van der Waals surface area contributed by atoms with E-state index in [1.165, 1.54) is 21.3 Å². The molecule has 106 valence electrons. The van der Waals surface area contributed by atoms with E-state index in [9.17, 15) is 4.79 Å². The van der Waals surface area contributed by atoms with Gasteiger partial charge in [0.05, 0.1) is 26.9 Å². The van der Waals surface area contributed by atoms with E-state index in [-0.39, 0.29) is 5.91 Å². The number of nitrogens with one attached hydrogen (secondary N) is 1. The quantitative estimate of drug-likeness (QED) is 0.714. The van der Waals surface area contributed by atoms with E-state index >= 15 is 0 Å². The van der Waals surface area contributed by atoms with Crippen molar-refractivity contribution in [2.24, 2.45) is 5.73 Å². The van der Waals surface area contributed by atoms with Gasteiger partial charge in [-0.3, -0.25) is 4.79 Å². The maximum atomic E-state index is 12.0. The van der Waals surface area contributed by atoms with Crippen molar-refractivity contribution >= 4 is 5.91 Å². The lowest BCUT2D eigenvalue weighted by Crippen LogP contribution is -2.26. The van der Waals surface area contributed by atoms with Gasteiger partial charge in [-0.05, 0) is 25.1 Å². The van der Waals surface area contributed by atoms with Crippen molar-refractivity contribution in [2.45, 2.75) is 6.42 Å². The summed E-state index contributed by atoms with van der Waals surface area (Å²) < 4.78 is 15.6. The summed E-state index contributed by atoms with van der Waals surface area (Å²) in [6, 6.07) is 3.30. The van der Waals surface area contributed by atoms with Crippen molar-refractivity contribution in [3.8, 4) is 17.2 Å². The van der Waals surface area contributed by atoms with Gasteiger partial charge >= 0.3 is 0 Å². The number of rotatable bonds is 7. The molecule has 0 bridgehead atoms. The summed E-state index contributed by atoms with van der Waals surface area (Å²) in [6.07, 6.45) is 0.724. The van der Waals surface area contributed by atoms with Crippen LogP contribution in [0.5, 0.6) is 17.2 Å². The topological polar surface area (TPSA) is 82.8 Å². The van der Waals surface area contributed by atoms with E-state index in [0.29, 0.717) is 35.9 Å². The second-order valence-electron chi connectivity index (χ2n) is 3.78. The van der Waals surface area contributed by atoms with Crippen LogP contribution in [0.15, 0.2) is 12.1 Å². The average Bonchev–Trinajstić information content (AvgIpc) is 2.45. The van der Waals surface area contributed by atoms with E-state index in [2.05, 4.69) is 5.32 Å². The summed E-state index contributed by atoms with van der Waals surface area (Å²) in [5, 5.41) is 2.77. The fourth-order valence-electron chi connectivity index (χ4n) is 1.68. The van der Waals surface area contributed by atoms with Gasteiger partial charge in [-0.2, -0.15) is 0 Å². The Labute approximate surface area is 112 Å². The summed E-state index contributed by atoms with van der Waals surface area (Å²) in [6.45, 7) is 1.05. The van der Waals surface area contributed by atoms with Gasteiger partial charge in [-0.25, -0.2) is 0 Å². The van der Waals surface area contributed by atoms with Crippen molar-refractivity contribution in [1.82, 2.24) is 5.32 Å². The van der Waals surface area contributed by atoms with Gasteiger partial charge < -0.3 is 25.3 Å². The van der Waals surface area contributed by atoms with Crippen molar-refractivity contribution in [3.63, 3.8) is 0 Å². The van der Waals surface area contributed by atoms with E-state index in [1.807, 2.05) is 0 Å². The second kappa shape index (κ2) is 7.48. The van der Waals surface area contributed by atoms with Crippen molar-refractivity contribution < 1.29 is 19.0 Å². The maximum Gasteiger partial charge on any atom is 0.255 e. The molecule has 0 saturated heterocycles. The van der Waals surface area contributed by atoms with Crippen LogP contribution < -0.4 is 25.3 Å². The second-order valence-corrected chi connectivity index (χ2v) is 3.78. The molecule has 19 heavy (non-hydrogen) atoms. The first-order valence-corrected chi connectivity index (χ1v) is 5.96. The fourth-order valence-corrected chi connectivity index (χ4v) is 1.68. The maximum absolute atomic E-state index is 12.0. The Morgan fingerprint density at radius 3 is 2.37 bits per heavy atom. The van der Waals surface area contributed by atoms with Crippen molar-refractivity contribution in [3.05, 3.63) is 17.7 Å². The van der Waals surface area contributed by atoms with Crippen LogP contribution in [0.25, 0.3) is 0 Å². The van der Waals surface area contributed by atoms with Gasteiger partial charge in [0.1, 0.15) is 0 Å². The van der Waals surface area contributed by atoms with E-state index in [4.69, 9.17) is 19.9 Å². The SMILES string of the molecule is COc1ccc(C(=O)NCCCN)c(OC)c1OC. The van der Waals surface area contributed by atoms with Crippen LogP contribution in [0, 0.1) is 0 Å². The molecule has 6 heteroatoms. The van der Waals surface area contributed by atoms with Crippen LogP contribution in [-0.4, -0.2) is 40.3 Å². The van der Waals surface area contributed by atoms with E-state index in [1.54, 1.807) is 12.1 Å². The lowest BCUT2D eigenvalue weighted by molar-refractivity contribution is 0.0949. The molecule has 1 amide bonds. The van der Waals surface area contributed by atoms with Crippen molar-refractivity contribution in [1.29, 1.82) is 0 Å². The molecule has 3 N–H and O–H groups in total. The zero-order chi connectivity index (χ0) is 14.3. The average molecular weight is 268 g/mol. The molecule has 0 radical (unpaired) electrons. The third-order valence-corrected chi connectivity index (χ3v) is 2.62. The number of amides is 1. The number of benzene rings is 1. The third-order valence-electron chi connectivity index (χ3n) is 2.62. The molecule has 0 saturated carbocycles. The number of nitrogens with two attached hydrogens (primary N) is 1. The summed E-state index contributed by atoms with van der Waals surface area (Å²) >= 11 is 0. The molecule has 1 aromatic carbocycles. The summed E-state index contributed by atoms with van der Waals surface area (Å²) in [7, 11) is 4.50. The Morgan fingerprint density at radius 2 is 1.84 bits per heavy atom. The molecule has 1 rings (SSSR count). The van der Waals surface area contributed by atoms with E-state index in [0.717, 1.165) is 6.42 Å². The normalized spacial score (nSPS) is 9.89. The number of hydrogen-bond acceptors (Lipinski definition) is 5. The third kappa shape index (κ3) is 3.51. The largest absolute Gasteiger partial charge is 0.493 e.